The lowest BCUT2D eigenvalue weighted by molar-refractivity contribution is 1.15. The maximum atomic E-state index is 5.25. The van der Waals surface area contributed by atoms with E-state index in [1.54, 1.807) is 0 Å². The van der Waals surface area contributed by atoms with Crippen molar-refractivity contribution < 1.29 is 0 Å². The molecule has 0 N–H and O–H groups in total. The van der Waals surface area contributed by atoms with E-state index in [2.05, 4.69) is 141 Å². The van der Waals surface area contributed by atoms with Crippen LogP contribution in [-0.4, -0.2) is 23.2 Å². The van der Waals surface area contributed by atoms with Crippen molar-refractivity contribution in [2.24, 2.45) is 0 Å². The first-order chi connectivity index (χ1) is 21.3. The predicted octanol–water partition coefficient (Wildman–Crippen LogP) is 9.26. The second-order valence-electron chi connectivity index (χ2n) is 11.6. The van der Waals surface area contributed by atoms with Gasteiger partial charge in [-0.05, 0) is 85.9 Å². The van der Waals surface area contributed by atoms with Crippen molar-refractivity contribution in [1.82, 2.24) is 23.2 Å². The maximum absolute atomic E-state index is 5.25. The van der Waals surface area contributed by atoms with E-state index in [-0.39, 0.29) is 0 Å². The first kappa shape index (κ1) is 21.8. The van der Waals surface area contributed by atoms with Crippen LogP contribution in [0.15, 0.2) is 127 Å². The number of hydrogen-bond donors (Lipinski definition) is 0. The Bertz CT molecular complexity index is 2800. The largest absolute Gasteiger partial charge is 0.276 e. The lowest BCUT2D eigenvalue weighted by Crippen LogP contribution is -1.89. The molecule has 43 heavy (non-hydrogen) atoms. The third-order valence-electron chi connectivity index (χ3n) is 9.27. The molecule has 0 aliphatic heterocycles. The van der Waals surface area contributed by atoms with Gasteiger partial charge in [-0.3, -0.25) is 8.80 Å². The molecule has 0 bridgehead atoms. The van der Waals surface area contributed by atoms with Crippen LogP contribution in [0.3, 0.4) is 0 Å². The second kappa shape index (κ2) is 7.46. The average molecular weight is 548 g/mol. The molecule has 198 valence electrons. The molecule has 11 aromatic rings. The third kappa shape index (κ3) is 2.72. The topological polar surface area (TPSA) is 39.0 Å². The summed E-state index contributed by atoms with van der Waals surface area (Å²) in [6, 6.07) is 45.9. The summed E-state index contributed by atoms with van der Waals surface area (Å²) < 4.78 is 6.90. The van der Waals surface area contributed by atoms with E-state index in [0.29, 0.717) is 0 Å². The summed E-state index contributed by atoms with van der Waals surface area (Å²) in [4.78, 5) is 10.5. The van der Waals surface area contributed by atoms with Crippen LogP contribution in [0, 0.1) is 0 Å². The highest BCUT2D eigenvalue weighted by atomic mass is 15.3. The lowest BCUT2D eigenvalue weighted by Gasteiger charge is -2.07. The summed E-state index contributed by atoms with van der Waals surface area (Å²) in [5, 5.41) is 7.28. The highest BCUT2D eigenvalue weighted by Crippen LogP contribution is 2.39. The molecule has 0 spiro atoms. The van der Waals surface area contributed by atoms with E-state index in [0.717, 1.165) is 50.2 Å². The van der Waals surface area contributed by atoms with Crippen molar-refractivity contribution in [3.63, 3.8) is 0 Å². The van der Waals surface area contributed by atoms with Gasteiger partial charge in [0.25, 0.3) is 0 Å². The van der Waals surface area contributed by atoms with Crippen LogP contribution in [0.25, 0.3) is 93.6 Å². The summed E-state index contributed by atoms with van der Waals surface area (Å²) in [5.41, 5.74) is 9.94. The Kier molecular flexibility index (Phi) is 3.78. The van der Waals surface area contributed by atoms with Gasteiger partial charge in [-0.25, -0.2) is 14.4 Å². The minimum absolute atomic E-state index is 0.885. The van der Waals surface area contributed by atoms with E-state index in [9.17, 15) is 0 Å². The number of benzene rings is 7. The number of fused-ring (bicyclic) bond motifs is 13. The molecule has 0 unspecified atom stereocenters. The van der Waals surface area contributed by atoms with Crippen LogP contribution in [-0.2, 0) is 0 Å². The summed E-state index contributed by atoms with van der Waals surface area (Å²) in [6.07, 6.45) is 0. The highest BCUT2D eigenvalue weighted by Gasteiger charge is 2.25. The molecular weight excluding hydrogens is 526 g/mol. The monoisotopic (exact) mass is 547 g/mol. The molecule has 0 fully saturated rings. The van der Waals surface area contributed by atoms with Gasteiger partial charge in [-0.15, -0.1) is 0 Å². The number of rotatable bonds is 1. The molecule has 5 heteroatoms. The normalized spacial score (nSPS) is 12.7. The van der Waals surface area contributed by atoms with Crippen molar-refractivity contribution in [1.29, 1.82) is 0 Å². The van der Waals surface area contributed by atoms with Gasteiger partial charge in [-0.1, -0.05) is 84.9 Å². The average Bonchev–Trinajstić information content (AvgIpc) is 3.77. The van der Waals surface area contributed by atoms with Gasteiger partial charge in [0.2, 0.25) is 11.6 Å². The Hall–Kier alpha value is -5.94. The molecule has 7 aromatic carbocycles. The van der Waals surface area contributed by atoms with Gasteiger partial charge in [0.1, 0.15) is 5.52 Å². The van der Waals surface area contributed by atoms with E-state index >= 15 is 0 Å². The fraction of sp³-hybridized carbons (Fsp3) is 0. The van der Waals surface area contributed by atoms with Crippen LogP contribution < -0.4 is 0 Å². The Morgan fingerprint density at radius 1 is 0.349 bits per heavy atom. The summed E-state index contributed by atoms with van der Waals surface area (Å²) in [5.74, 6) is 1.77. The Morgan fingerprint density at radius 2 is 0.814 bits per heavy atom. The minimum atomic E-state index is 0.885. The number of nitrogens with zero attached hydrogens (tertiary/aromatic N) is 5. The number of hydrogen-bond acceptors (Lipinski definition) is 2. The van der Waals surface area contributed by atoms with E-state index in [4.69, 9.17) is 9.97 Å². The molecule has 4 heterocycles. The number of aromatic nitrogens is 5. The van der Waals surface area contributed by atoms with Crippen LogP contribution in [0.4, 0.5) is 0 Å². The van der Waals surface area contributed by atoms with Crippen molar-refractivity contribution in [3.05, 3.63) is 127 Å². The first-order valence-electron chi connectivity index (χ1n) is 14.6. The molecule has 0 aliphatic carbocycles. The zero-order valence-corrected chi connectivity index (χ0v) is 22.9. The van der Waals surface area contributed by atoms with Gasteiger partial charge in [0, 0.05) is 0 Å². The van der Waals surface area contributed by atoms with Crippen molar-refractivity contribution in [3.8, 4) is 11.1 Å². The molecule has 0 amide bonds. The molecule has 0 radical (unpaired) electrons. The first-order valence-corrected chi connectivity index (χ1v) is 14.6. The van der Waals surface area contributed by atoms with E-state index < -0.39 is 0 Å². The van der Waals surface area contributed by atoms with Crippen LogP contribution >= 0.6 is 0 Å². The van der Waals surface area contributed by atoms with Crippen LogP contribution in [0.2, 0.25) is 0 Å². The summed E-state index contributed by atoms with van der Waals surface area (Å²) in [7, 11) is 0. The maximum Gasteiger partial charge on any atom is 0.223 e. The van der Waals surface area contributed by atoms with Crippen LogP contribution in [0.1, 0.15) is 0 Å². The standard InChI is InChI=1S/C38H21N5/c1-2-8-23-15-28(14-13-22(23)7-1)29-20-34-36-35(21-29)42-33-19-27-12-6-4-10-25(27)17-31(33)40-38(42)43(36)37-39-30-16-24-9-3-5-11-26(24)18-32(30)41(34)37/h1-21H. The van der Waals surface area contributed by atoms with Crippen molar-refractivity contribution >= 4 is 82.5 Å². The molecule has 0 aliphatic rings. The van der Waals surface area contributed by atoms with Crippen molar-refractivity contribution in [2.45, 2.75) is 0 Å². The lowest BCUT2D eigenvalue weighted by atomic mass is 10.0. The highest BCUT2D eigenvalue weighted by molar-refractivity contribution is 6.08. The second-order valence-corrected chi connectivity index (χ2v) is 11.6. The Balaban J connectivity index is 1.36. The van der Waals surface area contributed by atoms with Gasteiger partial charge < -0.3 is 0 Å². The Labute approximate surface area is 243 Å². The smallest absolute Gasteiger partial charge is 0.223 e. The fourth-order valence-electron chi connectivity index (χ4n) is 7.27. The molecule has 0 saturated heterocycles. The fourth-order valence-corrected chi connectivity index (χ4v) is 7.27. The quantitative estimate of drug-likeness (QED) is 0.205. The van der Waals surface area contributed by atoms with Crippen molar-refractivity contribution in [2.75, 3.05) is 0 Å². The van der Waals surface area contributed by atoms with E-state index in [1.165, 1.54) is 43.4 Å². The number of imidazole rings is 4. The van der Waals surface area contributed by atoms with Crippen LogP contribution in [0.5, 0.6) is 0 Å². The molecule has 11 rings (SSSR count). The molecule has 0 saturated carbocycles. The van der Waals surface area contributed by atoms with Gasteiger partial charge in [0.15, 0.2) is 0 Å². The van der Waals surface area contributed by atoms with Gasteiger partial charge in [0.05, 0.1) is 33.1 Å². The van der Waals surface area contributed by atoms with Gasteiger partial charge >= 0.3 is 0 Å². The Morgan fingerprint density at radius 3 is 1.35 bits per heavy atom. The van der Waals surface area contributed by atoms with E-state index in [1.807, 2.05) is 0 Å². The molecule has 0 atom stereocenters. The predicted molar refractivity (Wildman–Crippen MR) is 177 cm³/mol. The SMILES string of the molecule is c1ccc2cc(-c3cc4c5c(c3)n3c6cc7ccccc7cc6nc3n5c3nc5cc6ccccc6cc5n43)ccc2c1. The summed E-state index contributed by atoms with van der Waals surface area (Å²) >= 11 is 0. The molecular formula is C38H21N5. The zero-order chi connectivity index (χ0) is 27.8. The third-order valence-corrected chi connectivity index (χ3v) is 9.27. The molecule has 4 aromatic heterocycles. The minimum Gasteiger partial charge on any atom is -0.276 e. The summed E-state index contributed by atoms with van der Waals surface area (Å²) in [6.45, 7) is 0. The van der Waals surface area contributed by atoms with Gasteiger partial charge in [-0.2, -0.15) is 0 Å². The molecule has 5 nitrogen and oxygen atoms in total. The zero-order valence-electron chi connectivity index (χ0n) is 22.9.